The van der Waals surface area contributed by atoms with Crippen molar-refractivity contribution in [2.45, 2.75) is 90.0 Å². The summed E-state index contributed by atoms with van der Waals surface area (Å²) in [7, 11) is 3.77. The molecule has 1 N–H and O–H groups in total. The van der Waals surface area contributed by atoms with Gasteiger partial charge >= 0.3 is 11.7 Å². The molecule has 5 rings (SSSR count). The van der Waals surface area contributed by atoms with E-state index in [1.54, 1.807) is 4.68 Å². The average molecular weight is 454 g/mol. The molecule has 1 spiro atoms. The number of hydrazine groups is 1. The zero-order chi connectivity index (χ0) is 23.2. The van der Waals surface area contributed by atoms with Gasteiger partial charge in [0.05, 0.1) is 0 Å². The van der Waals surface area contributed by atoms with Crippen LogP contribution in [0.1, 0.15) is 98.9 Å². The average Bonchev–Trinajstić information content (AvgIpc) is 3.49. The molecule has 0 bridgehead atoms. The Morgan fingerprint density at radius 1 is 1.18 bits per heavy atom. The number of hydrogen-bond acceptors (Lipinski definition) is 5. The molecule has 0 radical (unpaired) electrons. The number of likely N-dealkylation sites (N-methyl/N-ethyl adjacent to an activating group) is 1. The Balaban J connectivity index is 1.30. The predicted molar refractivity (Wildman–Crippen MR) is 126 cm³/mol. The van der Waals surface area contributed by atoms with Gasteiger partial charge in [-0.25, -0.2) is 9.80 Å². The van der Waals surface area contributed by atoms with Gasteiger partial charge < -0.3 is 4.52 Å². The van der Waals surface area contributed by atoms with Crippen molar-refractivity contribution in [3.8, 4) is 0 Å². The van der Waals surface area contributed by atoms with E-state index >= 15 is 0 Å². The van der Waals surface area contributed by atoms with Crippen molar-refractivity contribution in [1.82, 2.24) is 15.5 Å². The molecule has 33 heavy (non-hydrogen) atoms. The van der Waals surface area contributed by atoms with Crippen LogP contribution in [-0.4, -0.2) is 52.5 Å². The number of carbonyl (C=O) groups excluding carboxylic acids is 2. The van der Waals surface area contributed by atoms with Crippen LogP contribution in [0.2, 0.25) is 0 Å². The van der Waals surface area contributed by atoms with Gasteiger partial charge in [0.15, 0.2) is 11.5 Å². The molecule has 1 unspecified atom stereocenters. The van der Waals surface area contributed by atoms with E-state index in [9.17, 15) is 9.59 Å². The lowest BCUT2D eigenvalue weighted by Crippen LogP contribution is -2.43. The molecule has 1 aliphatic heterocycles. The minimum atomic E-state index is -0.376. The maximum atomic E-state index is 13.3. The lowest BCUT2D eigenvalue weighted by atomic mass is 9.73. The fourth-order valence-corrected chi connectivity index (χ4v) is 6.67. The van der Waals surface area contributed by atoms with Gasteiger partial charge in [-0.1, -0.05) is 43.3 Å². The third kappa shape index (κ3) is 3.93. The molecule has 1 aromatic rings. The largest absolute Gasteiger partial charge is 0.361 e. The normalized spacial score (nSPS) is 25.8. The summed E-state index contributed by atoms with van der Waals surface area (Å²) in [5.41, 5.74) is 2.68. The standard InChI is InChI=1S/C26H36N4O3/c1-17-20(28-33-23(17)19-11-15-26(16-12-19)13-7-8-14-26)25(32)27-24-22(31)21(29(2)30(24)3)18-9-5-4-6-10-18/h11,18,21H,4-10,12-16H2,1-3H3/p+1. The van der Waals surface area contributed by atoms with Crippen molar-refractivity contribution in [3.63, 3.8) is 0 Å². The molecule has 1 aromatic heterocycles. The summed E-state index contributed by atoms with van der Waals surface area (Å²) in [6.07, 6.45) is 16.6. The van der Waals surface area contributed by atoms with Crippen LogP contribution in [0.25, 0.3) is 5.57 Å². The third-order valence-electron chi connectivity index (χ3n) is 8.83. The highest BCUT2D eigenvalue weighted by Crippen LogP contribution is 2.49. The fraction of sp³-hybridized carbons (Fsp3) is 0.692. The maximum absolute atomic E-state index is 13.3. The zero-order valence-electron chi connectivity index (χ0n) is 20.3. The van der Waals surface area contributed by atoms with Crippen LogP contribution in [0.3, 0.4) is 0 Å². The van der Waals surface area contributed by atoms with Crippen molar-refractivity contribution in [3.05, 3.63) is 23.1 Å². The van der Waals surface area contributed by atoms with Gasteiger partial charge in [0, 0.05) is 12.6 Å². The van der Waals surface area contributed by atoms with Crippen LogP contribution in [0.4, 0.5) is 0 Å². The van der Waals surface area contributed by atoms with Crippen LogP contribution in [-0.2, 0) is 4.79 Å². The molecular formula is C26H37N4O3+. The Morgan fingerprint density at radius 2 is 1.91 bits per heavy atom. The summed E-state index contributed by atoms with van der Waals surface area (Å²) in [6.45, 7) is 1.89. The van der Waals surface area contributed by atoms with E-state index in [-0.39, 0.29) is 23.4 Å². The highest BCUT2D eigenvalue weighted by atomic mass is 16.5. The second kappa shape index (κ2) is 8.73. The number of ketones is 1. The summed E-state index contributed by atoms with van der Waals surface area (Å²) in [5.74, 6) is 1.02. The van der Waals surface area contributed by atoms with Crippen LogP contribution < -0.4 is 5.32 Å². The molecule has 7 heteroatoms. The lowest BCUT2D eigenvalue weighted by molar-refractivity contribution is -0.661. The highest BCUT2D eigenvalue weighted by molar-refractivity contribution is 6.42. The van der Waals surface area contributed by atoms with Crippen molar-refractivity contribution in [1.29, 1.82) is 0 Å². The van der Waals surface area contributed by atoms with Crippen molar-refractivity contribution >= 4 is 23.1 Å². The quantitative estimate of drug-likeness (QED) is 0.692. The molecule has 2 fully saturated rings. The number of carbonyl (C=O) groups is 2. The van der Waals surface area contributed by atoms with Gasteiger partial charge in [0.1, 0.15) is 13.1 Å². The number of aromatic nitrogens is 1. The second-order valence-corrected chi connectivity index (χ2v) is 10.7. The molecule has 7 nitrogen and oxygen atoms in total. The second-order valence-electron chi connectivity index (χ2n) is 10.7. The molecule has 0 aromatic carbocycles. The molecule has 2 heterocycles. The van der Waals surface area contributed by atoms with Gasteiger partial charge in [0.25, 0.3) is 5.78 Å². The van der Waals surface area contributed by atoms with E-state index in [4.69, 9.17) is 4.52 Å². The lowest BCUT2D eigenvalue weighted by Gasteiger charge is -2.32. The molecule has 3 aliphatic carbocycles. The van der Waals surface area contributed by atoms with Crippen LogP contribution in [0.5, 0.6) is 0 Å². The topological polar surface area (TPSA) is 78.5 Å². The minimum absolute atomic E-state index is 0.00141. The molecule has 1 amide bonds. The van der Waals surface area contributed by atoms with Crippen molar-refractivity contribution < 1.29 is 18.8 Å². The first kappa shape index (κ1) is 22.4. The van der Waals surface area contributed by atoms with Gasteiger partial charge in [-0.2, -0.15) is 10.0 Å². The Labute approximate surface area is 196 Å². The van der Waals surface area contributed by atoms with Crippen LogP contribution in [0.15, 0.2) is 10.6 Å². The molecule has 0 saturated heterocycles. The fourth-order valence-electron chi connectivity index (χ4n) is 6.67. The van der Waals surface area contributed by atoms with Gasteiger partial charge in [0.2, 0.25) is 0 Å². The summed E-state index contributed by atoms with van der Waals surface area (Å²) >= 11 is 0. The molecule has 1 atom stereocenters. The third-order valence-corrected chi connectivity index (χ3v) is 8.83. The SMILES string of the molecule is Cc1c(C(=O)NC2=[N+](C)N(C)C(C3CCCCC3)C2=O)noc1C1=CCC2(CCCC2)CC1. The van der Waals surface area contributed by atoms with Gasteiger partial charge in [-0.15, -0.1) is 0 Å². The van der Waals surface area contributed by atoms with E-state index in [1.165, 1.54) is 51.4 Å². The number of Topliss-reactive ketones (excluding diaryl/α,β-unsaturated/α-hetero) is 1. The van der Waals surface area contributed by atoms with Crippen molar-refractivity contribution in [2.24, 2.45) is 11.3 Å². The number of rotatable bonds is 3. The number of hydrogen-bond donors (Lipinski definition) is 1. The molecular weight excluding hydrogens is 416 g/mol. The number of amides is 1. The van der Waals surface area contributed by atoms with Gasteiger partial charge in [-0.3, -0.25) is 4.79 Å². The Bertz CT molecular complexity index is 1010. The number of nitrogens with zero attached hydrogens (tertiary/aromatic N) is 3. The number of nitrogens with one attached hydrogen (secondary N) is 1. The predicted octanol–water partition coefficient (Wildman–Crippen LogP) is 4.26. The first-order chi connectivity index (χ1) is 15.9. The summed E-state index contributed by atoms with van der Waals surface area (Å²) in [4.78, 5) is 26.4. The van der Waals surface area contributed by atoms with Crippen molar-refractivity contribution in [2.75, 3.05) is 14.1 Å². The first-order valence-corrected chi connectivity index (χ1v) is 12.7. The van der Waals surface area contributed by atoms with E-state index in [0.717, 1.165) is 42.6 Å². The van der Waals surface area contributed by atoms with Crippen LogP contribution >= 0.6 is 0 Å². The monoisotopic (exact) mass is 453 g/mol. The Kier molecular flexibility index (Phi) is 5.91. The number of hydrazone groups is 1. The Morgan fingerprint density at radius 3 is 2.58 bits per heavy atom. The highest BCUT2D eigenvalue weighted by Gasteiger charge is 2.47. The number of amidine groups is 1. The van der Waals surface area contributed by atoms with E-state index < -0.39 is 0 Å². The zero-order valence-corrected chi connectivity index (χ0v) is 20.3. The van der Waals surface area contributed by atoms with Gasteiger partial charge in [-0.05, 0) is 68.8 Å². The summed E-state index contributed by atoms with van der Waals surface area (Å²) < 4.78 is 7.44. The molecule has 4 aliphatic rings. The Hall–Kier alpha value is -2.44. The number of allylic oxidation sites excluding steroid dienone is 2. The summed E-state index contributed by atoms with van der Waals surface area (Å²) in [5, 5.41) is 8.95. The van der Waals surface area contributed by atoms with E-state index in [2.05, 4.69) is 16.5 Å². The first-order valence-electron chi connectivity index (χ1n) is 12.7. The van der Waals surface area contributed by atoms with Crippen LogP contribution in [0, 0.1) is 18.3 Å². The van der Waals surface area contributed by atoms with E-state index in [1.807, 2.05) is 26.0 Å². The minimum Gasteiger partial charge on any atom is -0.355 e. The summed E-state index contributed by atoms with van der Waals surface area (Å²) in [6, 6.07) is -0.199. The molecule has 2 saturated carbocycles. The smallest absolute Gasteiger partial charge is 0.355 e. The van der Waals surface area contributed by atoms with E-state index in [0.29, 0.717) is 17.2 Å². The molecule has 178 valence electrons. The maximum Gasteiger partial charge on any atom is 0.361 e.